The largest absolute Gasteiger partial charge is 0.463 e. The van der Waals surface area contributed by atoms with Crippen LogP contribution in [-0.2, 0) is 42.9 Å². The van der Waals surface area contributed by atoms with Gasteiger partial charge in [-0.15, -0.1) is 21.6 Å². The number of carbonyl (C=O) groups is 4. The van der Waals surface area contributed by atoms with Crippen LogP contribution in [0.15, 0.2) is 52.7 Å². The molecular formula is C50H71N5O9S. The number of anilines is 1. The first-order valence-corrected chi connectivity index (χ1v) is 24.0. The van der Waals surface area contributed by atoms with Gasteiger partial charge in [0.25, 0.3) is 0 Å². The summed E-state index contributed by atoms with van der Waals surface area (Å²) in [7, 11) is 0. The summed E-state index contributed by atoms with van der Waals surface area (Å²) in [4.78, 5) is 50.2. The molecule has 2 rings (SSSR count). The first-order chi connectivity index (χ1) is 31.7. The van der Waals surface area contributed by atoms with E-state index < -0.39 is 23.8 Å². The van der Waals surface area contributed by atoms with E-state index in [0.717, 1.165) is 67.3 Å². The van der Waals surface area contributed by atoms with E-state index in [1.807, 2.05) is 37.3 Å². The molecule has 0 amide bonds. The topological polar surface area (TPSA) is 190 Å². The molecule has 14 nitrogen and oxygen atoms in total. The highest BCUT2D eigenvalue weighted by molar-refractivity contribution is 7.16. The zero-order valence-corrected chi connectivity index (χ0v) is 40.0. The molecule has 2 unspecified atom stereocenters. The van der Waals surface area contributed by atoms with Crippen molar-refractivity contribution in [3.63, 3.8) is 0 Å². The van der Waals surface area contributed by atoms with Crippen LogP contribution in [0.1, 0.15) is 125 Å². The Labute approximate surface area is 391 Å². The first kappa shape index (κ1) is 56.1. The molecule has 0 saturated heterocycles. The highest BCUT2D eigenvalue weighted by Gasteiger charge is 2.17. The van der Waals surface area contributed by atoms with E-state index >= 15 is 0 Å². The van der Waals surface area contributed by atoms with Gasteiger partial charge >= 0.3 is 11.9 Å². The van der Waals surface area contributed by atoms with Gasteiger partial charge in [0, 0.05) is 30.6 Å². The first-order valence-electron chi connectivity index (χ1n) is 23.2. The van der Waals surface area contributed by atoms with Crippen molar-refractivity contribution in [2.45, 2.75) is 118 Å². The summed E-state index contributed by atoms with van der Waals surface area (Å²) in [5, 5.41) is 28.1. The lowest BCUT2D eigenvalue weighted by Gasteiger charge is -2.25. The Balaban J connectivity index is 1.84. The maximum atomic E-state index is 12.4. The number of rotatable bonds is 38. The van der Waals surface area contributed by atoms with E-state index in [1.165, 1.54) is 32.1 Å². The van der Waals surface area contributed by atoms with Gasteiger partial charge in [-0.1, -0.05) is 76.7 Å². The van der Waals surface area contributed by atoms with Gasteiger partial charge in [0.15, 0.2) is 5.00 Å². The molecule has 65 heavy (non-hydrogen) atoms. The van der Waals surface area contributed by atoms with Crippen molar-refractivity contribution in [1.82, 2.24) is 0 Å². The molecule has 2 aromatic rings. The zero-order valence-electron chi connectivity index (χ0n) is 39.1. The van der Waals surface area contributed by atoms with Crippen LogP contribution in [0, 0.1) is 48.3 Å². The molecule has 1 aromatic carbocycles. The van der Waals surface area contributed by atoms with Gasteiger partial charge in [-0.25, -0.2) is 0 Å². The molecule has 1 aromatic heterocycles. The third-order valence-corrected chi connectivity index (χ3v) is 11.5. The number of hydrogen-bond donors (Lipinski definition) is 0. The number of carbonyl (C=O) groups excluding carboxylic acids is 4. The molecule has 0 N–H and O–H groups in total. The molecule has 0 aliphatic rings. The minimum absolute atomic E-state index is 0.0256. The average Bonchev–Trinajstić information content (AvgIpc) is 3.62. The number of esters is 2. The third-order valence-electron chi connectivity index (χ3n) is 10.4. The van der Waals surface area contributed by atoms with Crippen molar-refractivity contribution in [3.8, 4) is 12.1 Å². The predicted molar refractivity (Wildman–Crippen MR) is 254 cm³/mol. The Morgan fingerprint density at radius 2 is 1.22 bits per heavy atom. The number of unbranched alkanes of at least 4 members (excludes halogenated alkanes) is 8. The number of hydrogen-bond acceptors (Lipinski definition) is 15. The molecule has 0 aliphatic heterocycles. The van der Waals surface area contributed by atoms with Crippen LogP contribution >= 0.6 is 11.3 Å². The van der Waals surface area contributed by atoms with E-state index in [-0.39, 0.29) is 39.3 Å². The molecule has 2 atom stereocenters. The van der Waals surface area contributed by atoms with Crippen LogP contribution in [-0.4, -0.2) is 90.5 Å². The van der Waals surface area contributed by atoms with Gasteiger partial charge < -0.3 is 38.2 Å². The average molecular weight is 918 g/mol. The maximum Gasteiger partial charge on any atom is 0.306 e. The van der Waals surface area contributed by atoms with Gasteiger partial charge in [-0.05, 0) is 81.7 Å². The van der Waals surface area contributed by atoms with Crippen LogP contribution < -0.4 is 4.90 Å². The smallest absolute Gasteiger partial charge is 0.306 e. The van der Waals surface area contributed by atoms with Gasteiger partial charge in [0.05, 0.1) is 63.7 Å². The number of nitrogens with zero attached hydrogens (tertiary/aromatic N) is 5. The molecule has 0 radical (unpaired) electrons. The second kappa shape index (κ2) is 36.2. The highest BCUT2D eigenvalue weighted by Crippen LogP contribution is 2.36. The lowest BCUT2D eigenvalue weighted by atomic mass is 10.0. The monoisotopic (exact) mass is 917 g/mol. The number of nitriles is 2. The number of benzene rings is 1. The molecule has 0 fully saturated rings. The second-order valence-corrected chi connectivity index (χ2v) is 16.7. The van der Waals surface area contributed by atoms with Crippen molar-refractivity contribution in [1.29, 1.82) is 10.5 Å². The van der Waals surface area contributed by atoms with Crippen molar-refractivity contribution in [2.75, 3.05) is 70.8 Å². The number of allylic oxidation sites excluding steroid dienone is 4. The van der Waals surface area contributed by atoms with Crippen molar-refractivity contribution >= 4 is 52.2 Å². The minimum Gasteiger partial charge on any atom is -0.463 e. The van der Waals surface area contributed by atoms with Crippen molar-refractivity contribution < 1.29 is 42.9 Å². The molecule has 0 spiro atoms. The van der Waals surface area contributed by atoms with Crippen LogP contribution in [0.25, 0.3) is 0 Å². The van der Waals surface area contributed by atoms with Gasteiger partial charge in [-0.3, -0.25) is 9.59 Å². The molecule has 356 valence electrons. The zero-order chi connectivity index (χ0) is 47.3. The molecule has 0 aliphatic carbocycles. The number of ether oxygens (including phenoxy) is 5. The number of aryl methyl sites for hydroxylation is 1. The second-order valence-electron chi connectivity index (χ2n) is 15.7. The lowest BCUT2D eigenvalue weighted by molar-refractivity contribution is -0.147. The van der Waals surface area contributed by atoms with Gasteiger partial charge in [0.1, 0.15) is 42.8 Å². The van der Waals surface area contributed by atoms with Crippen molar-refractivity contribution in [2.24, 2.45) is 22.1 Å². The van der Waals surface area contributed by atoms with E-state index in [9.17, 15) is 29.7 Å². The highest BCUT2D eigenvalue weighted by atomic mass is 32.1. The van der Waals surface area contributed by atoms with Crippen LogP contribution in [0.2, 0.25) is 0 Å². The molecule has 1 heterocycles. The predicted octanol–water partition coefficient (Wildman–Crippen LogP) is 10.7. The summed E-state index contributed by atoms with van der Waals surface area (Å²) in [6.07, 6.45) is 22.3. The number of thiophene rings is 1. The van der Waals surface area contributed by atoms with Gasteiger partial charge in [-0.2, -0.15) is 10.5 Å². The Morgan fingerprint density at radius 3 is 1.74 bits per heavy atom. The Morgan fingerprint density at radius 1 is 0.692 bits per heavy atom. The number of azo groups is 1. The molecule has 0 bridgehead atoms. The van der Waals surface area contributed by atoms with Gasteiger partial charge in [0.2, 0.25) is 0 Å². The standard InChI is InChI=1S/C50H71N5O9S/c1-5-7-9-11-13-14-16-18-20-43(39-57)35-49(59)64-32-30-62-28-27-60-25-23-55(24-26-61-29-31-63-48(58)34-42(38-56)19-17-15-12-10-8-6-2)44-21-22-46(40(3)33-44)53-54-50-45(36-51)41(4)47(37-52)65-50/h15-18,21-22,33,38-39,42-43H,5-14,19-20,23-32,34-35H2,1-4H3/b17-15+,18-16+,54-53?. The summed E-state index contributed by atoms with van der Waals surface area (Å²) in [6, 6.07) is 9.94. The normalized spacial score (nSPS) is 12.3. The lowest BCUT2D eigenvalue weighted by Crippen LogP contribution is -2.31. The van der Waals surface area contributed by atoms with Crippen molar-refractivity contribution in [3.05, 3.63) is 64.1 Å². The fourth-order valence-corrected chi connectivity index (χ4v) is 7.38. The molecule has 0 saturated carbocycles. The maximum absolute atomic E-state index is 12.4. The molecule has 15 heteroatoms. The fourth-order valence-electron chi connectivity index (χ4n) is 6.50. The summed E-state index contributed by atoms with van der Waals surface area (Å²) < 4.78 is 27.9. The molecular weight excluding hydrogens is 847 g/mol. The van der Waals surface area contributed by atoms with Crippen LogP contribution in [0.3, 0.4) is 0 Å². The third kappa shape index (κ3) is 24.7. The Bertz CT molecular complexity index is 1870. The minimum atomic E-state index is -0.435. The van der Waals surface area contributed by atoms with E-state index in [0.29, 0.717) is 79.1 Å². The Hall–Kier alpha value is -5.06. The summed E-state index contributed by atoms with van der Waals surface area (Å²) >= 11 is 1.13. The Kier molecular flexibility index (Phi) is 31.2. The summed E-state index contributed by atoms with van der Waals surface area (Å²) in [5.74, 6) is -1.68. The van der Waals surface area contributed by atoms with E-state index in [2.05, 4.69) is 53.3 Å². The quantitative estimate of drug-likeness (QED) is 0.0204. The van der Waals surface area contributed by atoms with Crippen LogP contribution in [0.4, 0.5) is 16.4 Å². The SMILES string of the molecule is CCCCC/C=C/CC(C=O)CC(=O)OCCOCCN(CCOCCOCCOC(=O)CC(C=O)C/C=C/CCCCCCC)c1ccc(N=Nc2sc(C#N)c(C)c2C#N)c(C)c1. The summed E-state index contributed by atoms with van der Waals surface area (Å²) in [6.45, 7) is 10.9. The van der Waals surface area contributed by atoms with Crippen LogP contribution in [0.5, 0.6) is 0 Å². The van der Waals surface area contributed by atoms with E-state index in [1.54, 1.807) is 6.92 Å². The number of aldehydes is 2. The summed E-state index contributed by atoms with van der Waals surface area (Å²) in [5.41, 5.74) is 3.27. The fraction of sp³-hybridized carbons (Fsp3) is 0.600. The van der Waals surface area contributed by atoms with E-state index in [4.69, 9.17) is 23.7 Å².